The summed E-state index contributed by atoms with van der Waals surface area (Å²) in [5, 5.41) is 0. The molecule has 0 radical (unpaired) electrons. The van der Waals surface area contributed by atoms with E-state index in [2.05, 4.69) is 70.6 Å². The Morgan fingerprint density at radius 1 is 0.607 bits per heavy atom. The molecule has 2 amide bonds. The van der Waals surface area contributed by atoms with Crippen molar-refractivity contribution in [1.29, 1.82) is 0 Å². The van der Waals surface area contributed by atoms with Crippen molar-refractivity contribution in [2.24, 2.45) is 11.8 Å². The maximum absolute atomic E-state index is 13.2. The van der Waals surface area contributed by atoms with E-state index in [1.54, 1.807) is 5.56 Å². The zero-order valence-electron chi connectivity index (χ0n) is 36.4. The summed E-state index contributed by atoms with van der Waals surface area (Å²) in [7, 11) is 0. The van der Waals surface area contributed by atoms with Crippen LogP contribution in [-0.2, 0) is 21.3 Å². The molecule has 5 aromatic rings. The summed E-state index contributed by atoms with van der Waals surface area (Å²) in [6, 6.07) is 23.0. The number of rotatable bonds is 6. The largest absolute Gasteiger partial charge is 0.444 e. The van der Waals surface area contributed by atoms with Gasteiger partial charge in [0.05, 0.1) is 35.9 Å². The highest BCUT2D eigenvalue weighted by molar-refractivity contribution is 5.82. The SMILES string of the molecule is CC(C)(C)OC(=O)N1C2CC2C[C@H]1c1ncc(-c2ccc(-c3ccc(-c4ccc(-c5cnc([C@@H]6CC7CC7N6C(=O)OC(C)(C)C)[nH]5)cc4)c4c3CCC43CCCC3)cc2)[nH]1. The first-order valence-electron chi connectivity index (χ1n) is 22.7. The lowest BCUT2D eigenvalue weighted by Gasteiger charge is -2.29. The second-order valence-electron chi connectivity index (χ2n) is 20.9. The van der Waals surface area contributed by atoms with Gasteiger partial charge in [-0.05, 0) is 155 Å². The van der Waals surface area contributed by atoms with Crippen LogP contribution in [0.15, 0.2) is 73.1 Å². The Morgan fingerprint density at radius 3 is 1.52 bits per heavy atom. The van der Waals surface area contributed by atoms with Gasteiger partial charge in [0.2, 0.25) is 0 Å². The molecule has 4 unspecified atom stereocenters. The summed E-state index contributed by atoms with van der Waals surface area (Å²) in [4.78, 5) is 47.1. The average molecular weight is 819 g/mol. The third-order valence-electron chi connectivity index (χ3n) is 14.5. The fraction of sp³-hybridized carbons (Fsp3) is 0.490. The number of fused-ring (bicyclic) bond motifs is 4. The molecule has 11 rings (SSSR count). The van der Waals surface area contributed by atoms with E-state index in [-0.39, 0.29) is 41.8 Å². The maximum atomic E-state index is 13.2. The van der Waals surface area contributed by atoms with Crippen LogP contribution >= 0.6 is 0 Å². The van der Waals surface area contributed by atoms with Crippen LogP contribution in [-0.4, -0.2) is 65.2 Å². The van der Waals surface area contributed by atoms with E-state index in [9.17, 15) is 9.59 Å². The molecule has 2 aromatic heterocycles. The number of hydrogen-bond donors (Lipinski definition) is 2. The molecule has 2 N–H and O–H groups in total. The second kappa shape index (κ2) is 13.8. The zero-order chi connectivity index (χ0) is 42.0. The highest BCUT2D eigenvalue weighted by Gasteiger charge is 2.57. The smallest absolute Gasteiger partial charge is 0.411 e. The second-order valence-corrected chi connectivity index (χ2v) is 20.9. The lowest BCUT2D eigenvalue weighted by Crippen LogP contribution is -2.38. The van der Waals surface area contributed by atoms with Gasteiger partial charge in [-0.15, -0.1) is 0 Å². The first-order valence-corrected chi connectivity index (χ1v) is 22.7. The van der Waals surface area contributed by atoms with Gasteiger partial charge in [0.25, 0.3) is 0 Å². The Hall–Kier alpha value is -5.38. The van der Waals surface area contributed by atoms with E-state index in [1.807, 2.05) is 63.7 Å². The number of aromatic nitrogens is 4. The third kappa shape index (κ3) is 6.85. The molecule has 6 aliphatic rings. The first kappa shape index (κ1) is 38.5. The zero-order valence-corrected chi connectivity index (χ0v) is 36.4. The molecular weight excluding hydrogens is 761 g/mol. The molecule has 1 spiro atoms. The lowest BCUT2D eigenvalue weighted by molar-refractivity contribution is 0.0164. The van der Waals surface area contributed by atoms with E-state index in [0.29, 0.717) is 11.8 Å². The predicted octanol–water partition coefficient (Wildman–Crippen LogP) is 11.7. The van der Waals surface area contributed by atoms with Crippen LogP contribution in [0.5, 0.6) is 0 Å². The molecule has 2 aliphatic heterocycles. The van der Waals surface area contributed by atoms with Gasteiger partial charge in [-0.3, -0.25) is 9.80 Å². The number of hydrogen-bond acceptors (Lipinski definition) is 6. The van der Waals surface area contributed by atoms with Gasteiger partial charge in [0, 0.05) is 12.1 Å². The maximum Gasteiger partial charge on any atom is 0.411 e. The highest BCUT2D eigenvalue weighted by Crippen LogP contribution is 2.57. The molecule has 3 aromatic carbocycles. The summed E-state index contributed by atoms with van der Waals surface area (Å²) in [5.41, 5.74) is 11.5. The Morgan fingerprint density at radius 2 is 1.05 bits per heavy atom. The number of carbonyl (C=O) groups is 2. The molecular formula is C51H58N6O4. The molecule has 10 heteroatoms. The van der Waals surface area contributed by atoms with Crippen molar-refractivity contribution in [3.8, 4) is 44.8 Å². The number of amides is 2. The lowest BCUT2D eigenvalue weighted by atomic mass is 9.76. The van der Waals surface area contributed by atoms with Crippen molar-refractivity contribution in [3.05, 3.63) is 95.8 Å². The van der Waals surface area contributed by atoms with Crippen molar-refractivity contribution < 1.29 is 19.1 Å². The van der Waals surface area contributed by atoms with Crippen LogP contribution in [0.4, 0.5) is 9.59 Å². The number of imidazole rings is 2. The van der Waals surface area contributed by atoms with Crippen LogP contribution in [0.1, 0.15) is 134 Å². The molecule has 0 bridgehead atoms. The molecule has 2 saturated heterocycles. The Balaban J connectivity index is 0.840. The molecule has 5 fully saturated rings. The Kier molecular flexibility index (Phi) is 8.73. The fourth-order valence-corrected chi connectivity index (χ4v) is 11.6. The van der Waals surface area contributed by atoms with Gasteiger partial charge >= 0.3 is 12.2 Å². The van der Waals surface area contributed by atoms with Crippen LogP contribution in [0.2, 0.25) is 0 Å². The quantitative estimate of drug-likeness (QED) is 0.176. The van der Waals surface area contributed by atoms with Crippen molar-refractivity contribution in [2.75, 3.05) is 0 Å². The summed E-state index contributed by atoms with van der Waals surface area (Å²) in [5.74, 6) is 2.74. The van der Waals surface area contributed by atoms with Crippen molar-refractivity contribution in [1.82, 2.24) is 29.7 Å². The molecule has 316 valence electrons. The normalized spacial score (nSPS) is 25.7. The van der Waals surface area contributed by atoms with Crippen LogP contribution in [0.3, 0.4) is 0 Å². The van der Waals surface area contributed by atoms with Crippen LogP contribution < -0.4 is 0 Å². The van der Waals surface area contributed by atoms with E-state index in [1.165, 1.54) is 59.9 Å². The topological polar surface area (TPSA) is 116 Å². The first-order chi connectivity index (χ1) is 29.2. The number of benzene rings is 3. The van der Waals surface area contributed by atoms with Gasteiger partial charge < -0.3 is 19.4 Å². The number of ether oxygens (including phenoxy) is 2. The van der Waals surface area contributed by atoms with Gasteiger partial charge in [-0.1, -0.05) is 73.5 Å². The number of piperidine rings is 2. The summed E-state index contributed by atoms with van der Waals surface area (Å²) in [6.07, 6.45) is 14.7. The highest BCUT2D eigenvalue weighted by atomic mass is 16.6. The number of nitrogens with one attached hydrogen (secondary N) is 2. The number of aromatic amines is 2. The number of likely N-dealkylation sites (tertiary alicyclic amines) is 2. The molecule has 10 nitrogen and oxygen atoms in total. The minimum Gasteiger partial charge on any atom is -0.444 e. The van der Waals surface area contributed by atoms with Gasteiger partial charge in [0.15, 0.2) is 0 Å². The standard InChI is InChI=1S/C51H58N6O4/c1-49(2,3)60-47(58)56-40-23-33(40)25-42(56)45-52-27-38(54-45)31-13-9-29(10-14-31)35-17-18-36(44-37(35)19-22-51(44)20-7-8-21-51)30-11-15-32(16-12-30)39-28-53-46(55-39)43-26-34-24-41(34)57(43)48(59)61-50(4,5)6/h9-18,27-28,33-34,40-43H,7-8,19-26H2,1-6H3,(H,52,54)(H,53,55)/t33?,34?,40?,41?,42-,43-/m0/s1. The predicted molar refractivity (Wildman–Crippen MR) is 236 cm³/mol. The summed E-state index contributed by atoms with van der Waals surface area (Å²) < 4.78 is 11.6. The molecule has 6 atom stereocenters. The Labute approximate surface area is 358 Å². The van der Waals surface area contributed by atoms with E-state index in [4.69, 9.17) is 19.4 Å². The van der Waals surface area contributed by atoms with E-state index < -0.39 is 11.2 Å². The van der Waals surface area contributed by atoms with E-state index >= 15 is 0 Å². The van der Waals surface area contributed by atoms with Crippen LogP contribution in [0, 0.1) is 11.8 Å². The molecule has 4 aliphatic carbocycles. The minimum absolute atomic E-state index is 0.0871. The molecule has 3 saturated carbocycles. The number of carbonyl (C=O) groups excluding carboxylic acids is 2. The van der Waals surface area contributed by atoms with Gasteiger partial charge in [0.1, 0.15) is 22.9 Å². The van der Waals surface area contributed by atoms with Crippen molar-refractivity contribution in [2.45, 2.75) is 147 Å². The minimum atomic E-state index is -0.535. The van der Waals surface area contributed by atoms with Crippen molar-refractivity contribution in [3.63, 3.8) is 0 Å². The average Bonchev–Trinajstić information content (AvgIpc) is 3.71. The Bertz CT molecular complexity index is 2520. The van der Waals surface area contributed by atoms with Gasteiger partial charge in [-0.25, -0.2) is 19.6 Å². The van der Waals surface area contributed by atoms with Crippen molar-refractivity contribution >= 4 is 12.2 Å². The van der Waals surface area contributed by atoms with E-state index in [0.717, 1.165) is 66.3 Å². The fourth-order valence-electron chi connectivity index (χ4n) is 11.6. The molecule has 4 heterocycles. The third-order valence-corrected chi connectivity index (χ3v) is 14.5. The van der Waals surface area contributed by atoms with Crippen LogP contribution in [0.25, 0.3) is 44.8 Å². The number of nitrogens with zero attached hydrogens (tertiary/aromatic N) is 4. The molecule has 61 heavy (non-hydrogen) atoms. The summed E-state index contributed by atoms with van der Waals surface area (Å²) in [6.45, 7) is 11.5. The monoisotopic (exact) mass is 818 g/mol. The number of H-pyrrole nitrogens is 2. The van der Waals surface area contributed by atoms with Gasteiger partial charge in [-0.2, -0.15) is 0 Å². The summed E-state index contributed by atoms with van der Waals surface area (Å²) >= 11 is 0.